The van der Waals surface area contributed by atoms with Crippen LogP contribution >= 0.6 is 46.1 Å². The number of benzene rings is 2. The number of halogens is 3. The highest BCUT2D eigenvalue weighted by Crippen LogP contribution is 2.33. The lowest BCUT2D eigenvalue weighted by molar-refractivity contribution is 0.105. The van der Waals surface area contributed by atoms with E-state index in [1.165, 1.54) is 17.4 Å². The Bertz CT molecular complexity index is 1030. The highest BCUT2D eigenvalue weighted by atomic mass is 35.5. The van der Waals surface area contributed by atoms with Crippen LogP contribution in [0.25, 0.3) is 6.08 Å². The first-order valence-electron chi connectivity index (χ1n) is 8.19. The number of hydrogen-bond acceptors (Lipinski definition) is 4. The summed E-state index contributed by atoms with van der Waals surface area (Å²) in [5, 5.41) is 0.946. The molecule has 0 unspecified atom stereocenters. The summed E-state index contributed by atoms with van der Waals surface area (Å²) in [6.07, 6.45) is 3.19. The van der Waals surface area contributed by atoms with E-state index in [1.807, 2.05) is 18.2 Å². The Balaban J connectivity index is 1.82. The van der Waals surface area contributed by atoms with Gasteiger partial charge in [0.05, 0.1) is 26.4 Å². The molecule has 0 bridgehead atoms. The number of carbonyl (C=O) groups excluding carboxylic acids is 1. The van der Waals surface area contributed by atoms with Gasteiger partial charge in [-0.25, -0.2) is 0 Å². The molecule has 3 rings (SSSR count). The van der Waals surface area contributed by atoms with Gasteiger partial charge in [-0.05, 0) is 48.0 Å². The summed E-state index contributed by atoms with van der Waals surface area (Å²) >= 11 is 19.1. The van der Waals surface area contributed by atoms with Gasteiger partial charge in [-0.2, -0.15) is 0 Å². The van der Waals surface area contributed by atoms with Crippen molar-refractivity contribution >= 4 is 58.0 Å². The number of methoxy groups -OCH3 is 1. The van der Waals surface area contributed by atoms with E-state index in [1.54, 1.807) is 43.5 Å². The van der Waals surface area contributed by atoms with Gasteiger partial charge in [0.25, 0.3) is 0 Å². The Hall–Kier alpha value is -1.98. The van der Waals surface area contributed by atoms with Crippen LogP contribution in [0.15, 0.2) is 54.6 Å². The molecule has 0 fully saturated rings. The molecule has 3 nitrogen and oxygen atoms in total. The molecule has 2 aromatic carbocycles. The molecule has 0 saturated carbocycles. The fourth-order valence-electron chi connectivity index (χ4n) is 2.46. The number of allylic oxidation sites excluding steroid dienone is 1. The van der Waals surface area contributed by atoms with E-state index < -0.39 is 0 Å². The monoisotopic (exact) mass is 452 g/mol. The summed E-state index contributed by atoms with van der Waals surface area (Å²) in [7, 11) is 1.56. The minimum atomic E-state index is -0.129. The van der Waals surface area contributed by atoms with Crippen LogP contribution in [0.3, 0.4) is 0 Å². The Kier molecular flexibility index (Phi) is 7.03. The largest absolute Gasteiger partial charge is 0.493 e. The van der Waals surface area contributed by atoms with Gasteiger partial charge in [0, 0.05) is 5.56 Å². The third-order valence-electron chi connectivity index (χ3n) is 3.83. The first kappa shape index (κ1) is 20.7. The fourth-order valence-corrected chi connectivity index (χ4v) is 3.74. The molecule has 1 heterocycles. The summed E-state index contributed by atoms with van der Waals surface area (Å²) in [6.45, 7) is 0.270. The topological polar surface area (TPSA) is 35.5 Å². The maximum atomic E-state index is 12.3. The van der Waals surface area contributed by atoms with Crippen molar-refractivity contribution in [1.29, 1.82) is 0 Å². The molecule has 0 atom stereocenters. The van der Waals surface area contributed by atoms with E-state index in [2.05, 4.69) is 0 Å². The molecule has 0 radical (unpaired) electrons. The molecule has 0 aliphatic heterocycles. The van der Waals surface area contributed by atoms with Crippen molar-refractivity contribution in [2.75, 3.05) is 7.11 Å². The van der Waals surface area contributed by atoms with Crippen LogP contribution in [-0.2, 0) is 6.61 Å². The van der Waals surface area contributed by atoms with Crippen LogP contribution in [0.5, 0.6) is 11.5 Å². The minimum absolute atomic E-state index is 0.129. The molecule has 144 valence electrons. The summed E-state index contributed by atoms with van der Waals surface area (Å²) in [5.41, 5.74) is 1.58. The maximum absolute atomic E-state index is 12.3. The number of thiophene rings is 1. The van der Waals surface area contributed by atoms with Crippen LogP contribution in [0, 0.1) is 0 Å². The normalized spacial score (nSPS) is 11.0. The zero-order valence-electron chi connectivity index (χ0n) is 14.7. The van der Waals surface area contributed by atoms with E-state index in [9.17, 15) is 4.79 Å². The number of carbonyl (C=O) groups is 1. The van der Waals surface area contributed by atoms with Gasteiger partial charge in [-0.1, -0.05) is 53.0 Å². The van der Waals surface area contributed by atoms with Crippen LogP contribution in [-0.4, -0.2) is 12.9 Å². The first-order valence-corrected chi connectivity index (χ1v) is 10.1. The van der Waals surface area contributed by atoms with Crippen molar-refractivity contribution in [1.82, 2.24) is 0 Å². The van der Waals surface area contributed by atoms with Crippen molar-refractivity contribution < 1.29 is 14.3 Å². The molecular formula is C21H15Cl3O3S. The Morgan fingerprint density at radius 3 is 2.57 bits per heavy atom. The van der Waals surface area contributed by atoms with Crippen LogP contribution < -0.4 is 9.47 Å². The minimum Gasteiger partial charge on any atom is -0.493 e. The standard InChI is InChI=1S/C21H15Cl3O3S/c1-26-18-4-2-3-14(6-8-17(25)19-9-10-20(24)28-19)21(18)27-12-13-5-7-15(22)16(23)11-13/h2-11H,12H2,1H3/b8-6+. The van der Waals surface area contributed by atoms with E-state index in [0.717, 1.165) is 11.1 Å². The number of rotatable bonds is 7. The Morgan fingerprint density at radius 2 is 1.89 bits per heavy atom. The van der Waals surface area contributed by atoms with E-state index in [-0.39, 0.29) is 12.4 Å². The lowest BCUT2D eigenvalue weighted by atomic mass is 10.1. The van der Waals surface area contributed by atoms with Crippen LogP contribution in [0.2, 0.25) is 14.4 Å². The molecule has 0 aliphatic carbocycles. The van der Waals surface area contributed by atoms with Gasteiger partial charge in [0.2, 0.25) is 0 Å². The van der Waals surface area contributed by atoms with Crippen molar-refractivity contribution in [3.8, 4) is 11.5 Å². The van der Waals surface area contributed by atoms with Gasteiger partial charge in [0.1, 0.15) is 6.61 Å². The smallest absolute Gasteiger partial charge is 0.195 e. The molecule has 0 aliphatic rings. The van der Waals surface area contributed by atoms with Crippen LogP contribution in [0.1, 0.15) is 20.8 Å². The quantitative estimate of drug-likeness (QED) is 0.280. The van der Waals surface area contributed by atoms with Crippen molar-refractivity contribution in [2.24, 2.45) is 0 Å². The average Bonchev–Trinajstić information content (AvgIpc) is 3.13. The van der Waals surface area contributed by atoms with Gasteiger partial charge >= 0.3 is 0 Å². The second-order valence-corrected chi connectivity index (χ2v) is 8.25. The van der Waals surface area contributed by atoms with E-state index >= 15 is 0 Å². The second kappa shape index (κ2) is 9.48. The Morgan fingerprint density at radius 1 is 1.07 bits per heavy atom. The average molecular weight is 454 g/mol. The van der Waals surface area contributed by atoms with E-state index in [0.29, 0.717) is 30.8 Å². The van der Waals surface area contributed by atoms with E-state index in [4.69, 9.17) is 44.3 Å². The van der Waals surface area contributed by atoms with Crippen molar-refractivity contribution in [3.63, 3.8) is 0 Å². The highest BCUT2D eigenvalue weighted by Gasteiger charge is 2.11. The predicted molar refractivity (Wildman–Crippen MR) is 116 cm³/mol. The van der Waals surface area contributed by atoms with Gasteiger partial charge in [0.15, 0.2) is 17.3 Å². The molecule has 3 aromatic rings. The summed E-state index contributed by atoms with van der Waals surface area (Å²) < 4.78 is 12.0. The van der Waals surface area contributed by atoms with Crippen LogP contribution in [0.4, 0.5) is 0 Å². The molecule has 0 saturated heterocycles. The summed E-state index contributed by atoms with van der Waals surface area (Å²) in [6, 6.07) is 14.2. The first-order chi connectivity index (χ1) is 13.5. The fraction of sp³-hybridized carbons (Fsp3) is 0.0952. The molecule has 7 heteroatoms. The summed E-state index contributed by atoms with van der Waals surface area (Å²) in [5.74, 6) is 0.966. The third kappa shape index (κ3) is 5.09. The van der Waals surface area contributed by atoms with Gasteiger partial charge in [-0.3, -0.25) is 4.79 Å². The second-order valence-electron chi connectivity index (χ2n) is 5.72. The summed E-state index contributed by atoms with van der Waals surface area (Å²) in [4.78, 5) is 12.9. The number of hydrogen-bond donors (Lipinski definition) is 0. The molecular weight excluding hydrogens is 439 g/mol. The maximum Gasteiger partial charge on any atom is 0.195 e. The molecule has 28 heavy (non-hydrogen) atoms. The van der Waals surface area contributed by atoms with Gasteiger partial charge in [-0.15, -0.1) is 11.3 Å². The predicted octanol–water partition coefficient (Wildman–Crippen LogP) is 7.19. The SMILES string of the molecule is COc1cccc(/C=C/C(=O)c2ccc(Cl)s2)c1OCc1ccc(Cl)c(Cl)c1. The van der Waals surface area contributed by atoms with Gasteiger partial charge < -0.3 is 9.47 Å². The third-order valence-corrected chi connectivity index (χ3v) is 5.81. The lowest BCUT2D eigenvalue weighted by Gasteiger charge is -2.13. The van der Waals surface area contributed by atoms with Crippen molar-refractivity contribution in [3.05, 3.63) is 85.0 Å². The number of ketones is 1. The Labute approximate surface area is 182 Å². The zero-order chi connectivity index (χ0) is 20.1. The lowest BCUT2D eigenvalue weighted by Crippen LogP contribution is -2.00. The zero-order valence-corrected chi connectivity index (χ0v) is 17.8. The molecule has 1 aromatic heterocycles. The number of para-hydroxylation sites is 1. The highest BCUT2D eigenvalue weighted by molar-refractivity contribution is 7.18. The molecule has 0 spiro atoms. The molecule has 0 amide bonds. The molecule has 0 N–H and O–H groups in total. The number of ether oxygens (including phenoxy) is 2. The van der Waals surface area contributed by atoms with Crippen molar-refractivity contribution in [2.45, 2.75) is 6.61 Å².